The van der Waals surface area contributed by atoms with Gasteiger partial charge in [-0.3, -0.25) is 0 Å². The second-order valence-electron chi connectivity index (χ2n) is 6.96. The Kier molecular flexibility index (Phi) is 13.1. The molecule has 0 spiro atoms. The van der Waals surface area contributed by atoms with Crippen LogP contribution in [-0.2, 0) is 21.3 Å². The van der Waals surface area contributed by atoms with E-state index in [9.17, 15) is 8.42 Å². The molecule has 2 rings (SSSR count). The third-order valence-electron chi connectivity index (χ3n) is 4.71. The van der Waals surface area contributed by atoms with Crippen molar-refractivity contribution in [3.63, 3.8) is 0 Å². The van der Waals surface area contributed by atoms with E-state index in [0.717, 1.165) is 24.8 Å². The molecule has 1 aliphatic heterocycles. The van der Waals surface area contributed by atoms with Gasteiger partial charge in [-0.1, -0.05) is 0 Å². The maximum atomic E-state index is 12.2. The van der Waals surface area contributed by atoms with Crippen LogP contribution in [0, 0.1) is 0 Å². The van der Waals surface area contributed by atoms with Crippen LogP contribution >= 0.6 is 24.0 Å². The van der Waals surface area contributed by atoms with E-state index in [2.05, 4.69) is 20.3 Å². The molecular formula is C20H35IN4O5S. The van der Waals surface area contributed by atoms with Gasteiger partial charge in [-0.2, -0.15) is 0 Å². The van der Waals surface area contributed by atoms with Crippen molar-refractivity contribution in [1.82, 2.24) is 15.4 Å². The summed E-state index contributed by atoms with van der Waals surface area (Å²) < 4.78 is 43.3. The zero-order valence-electron chi connectivity index (χ0n) is 18.5. The molecule has 31 heavy (non-hydrogen) atoms. The fraction of sp³-hybridized carbons (Fsp3) is 0.650. The molecular weight excluding hydrogens is 535 g/mol. The summed E-state index contributed by atoms with van der Waals surface area (Å²) in [6.07, 6.45) is 2.99. The lowest BCUT2D eigenvalue weighted by Gasteiger charge is -2.22. The highest BCUT2D eigenvalue weighted by Crippen LogP contribution is 2.25. The number of sulfonamides is 1. The van der Waals surface area contributed by atoms with E-state index >= 15 is 0 Å². The number of halogens is 1. The van der Waals surface area contributed by atoms with Crippen LogP contribution in [0.1, 0.15) is 31.7 Å². The van der Waals surface area contributed by atoms with Gasteiger partial charge in [0.05, 0.1) is 32.6 Å². The molecule has 11 heteroatoms. The predicted octanol–water partition coefficient (Wildman–Crippen LogP) is 1.87. The second-order valence-corrected chi connectivity index (χ2v) is 8.88. The summed E-state index contributed by atoms with van der Waals surface area (Å²) in [4.78, 5) is 4.53. The number of hydrogen-bond acceptors (Lipinski definition) is 6. The van der Waals surface area contributed by atoms with Crippen molar-refractivity contribution in [2.24, 2.45) is 4.99 Å². The zero-order valence-corrected chi connectivity index (χ0v) is 21.6. The number of guanidine groups is 1. The van der Waals surface area contributed by atoms with Crippen LogP contribution < -0.4 is 24.8 Å². The monoisotopic (exact) mass is 570 g/mol. The van der Waals surface area contributed by atoms with Gasteiger partial charge >= 0.3 is 0 Å². The van der Waals surface area contributed by atoms with Crippen LogP contribution in [0.5, 0.6) is 11.5 Å². The highest BCUT2D eigenvalue weighted by atomic mass is 127. The highest BCUT2D eigenvalue weighted by Gasteiger charge is 2.17. The van der Waals surface area contributed by atoms with Gasteiger partial charge < -0.3 is 24.8 Å². The molecule has 1 unspecified atom stereocenters. The predicted molar refractivity (Wildman–Crippen MR) is 133 cm³/mol. The van der Waals surface area contributed by atoms with Gasteiger partial charge in [0, 0.05) is 37.9 Å². The summed E-state index contributed by atoms with van der Waals surface area (Å²) in [6, 6.07) is 5.55. The molecule has 1 aliphatic rings. The number of methoxy groups -OCH3 is 2. The van der Waals surface area contributed by atoms with E-state index in [1.54, 1.807) is 20.3 Å². The van der Waals surface area contributed by atoms with Crippen molar-refractivity contribution in [3.05, 3.63) is 23.8 Å². The van der Waals surface area contributed by atoms with Crippen molar-refractivity contribution < 1.29 is 22.6 Å². The summed E-state index contributed by atoms with van der Waals surface area (Å²) >= 11 is 0. The molecule has 3 N–H and O–H groups in total. The van der Waals surface area contributed by atoms with Gasteiger partial charge in [0.15, 0.2) is 5.96 Å². The number of nitrogens with zero attached hydrogens (tertiary/aromatic N) is 1. The summed E-state index contributed by atoms with van der Waals surface area (Å²) in [5, 5.41) is 6.19. The molecule has 1 aromatic carbocycles. The Balaban J connectivity index is 0.00000480. The maximum Gasteiger partial charge on any atom is 0.213 e. The van der Waals surface area contributed by atoms with E-state index in [0.29, 0.717) is 43.7 Å². The molecule has 1 saturated heterocycles. The largest absolute Gasteiger partial charge is 0.497 e. The molecule has 0 amide bonds. The third-order valence-corrected chi connectivity index (χ3v) is 6.06. The molecule has 0 aromatic heterocycles. The van der Waals surface area contributed by atoms with Crippen LogP contribution in [0.15, 0.2) is 23.2 Å². The lowest BCUT2D eigenvalue weighted by atomic mass is 10.1. The van der Waals surface area contributed by atoms with Crippen molar-refractivity contribution in [3.8, 4) is 11.5 Å². The Morgan fingerprint density at radius 3 is 2.68 bits per heavy atom. The Labute approximate surface area is 202 Å². The molecule has 9 nitrogen and oxygen atoms in total. The Morgan fingerprint density at radius 2 is 2.03 bits per heavy atom. The molecule has 0 saturated carbocycles. The van der Waals surface area contributed by atoms with E-state index in [1.165, 1.54) is 0 Å². The van der Waals surface area contributed by atoms with Gasteiger partial charge in [-0.15, -0.1) is 24.0 Å². The molecule has 178 valence electrons. The van der Waals surface area contributed by atoms with Crippen molar-refractivity contribution >= 4 is 40.0 Å². The number of hydrogen-bond donors (Lipinski definition) is 3. The third kappa shape index (κ3) is 10.2. The number of ether oxygens (including phenoxy) is 3. The summed E-state index contributed by atoms with van der Waals surface area (Å²) in [6.45, 7) is 4.27. The van der Waals surface area contributed by atoms with E-state index < -0.39 is 10.0 Å². The van der Waals surface area contributed by atoms with Crippen LogP contribution in [-0.4, -0.2) is 66.7 Å². The fourth-order valence-electron chi connectivity index (χ4n) is 3.05. The summed E-state index contributed by atoms with van der Waals surface area (Å²) in [7, 11) is -0.185. The number of benzene rings is 1. The molecule has 1 aromatic rings. The van der Waals surface area contributed by atoms with Crippen LogP contribution in [0.3, 0.4) is 0 Å². The van der Waals surface area contributed by atoms with E-state index in [1.807, 2.05) is 19.1 Å². The van der Waals surface area contributed by atoms with Gasteiger partial charge in [0.1, 0.15) is 11.5 Å². The standard InChI is InChI=1S/C20H34N4O5S.HI/c1-4-21-20(23-14-16-8-9-17(27-2)13-19(16)28-3)22-10-12-30(25,26)24-15-18-7-5-6-11-29-18;/h8-9,13,18,24H,4-7,10-12,14-15H2,1-3H3,(H2,21,22,23);1H. The van der Waals surface area contributed by atoms with Crippen molar-refractivity contribution in [2.45, 2.75) is 38.8 Å². The Hall–Kier alpha value is -1.31. The van der Waals surface area contributed by atoms with Crippen LogP contribution in [0.2, 0.25) is 0 Å². The van der Waals surface area contributed by atoms with Crippen molar-refractivity contribution in [1.29, 1.82) is 0 Å². The number of rotatable bonds is 11. The second kappa shape index (κ2) is 14.7. The molecule has 0 aliphatic carbocycles. The lowest BCUT2D eigenvalue weighted by Crippen LogP contribution is -2.42. The van der Waals surface area contributed by atoms with E-state index in [-0.39, 0.29) is 42.4 Å². The average Bonchev–Trinajstić information content (AvgIpc) is 2.76. The fourth-order valence-corrected chi connectivity index (χ4v) is 4.01. The number of aliphatic imine (C=N–C) groups is 1. The minimum atomic E-state index is -3.39. The maximum absolute atomic E-state index is 12.2. The van der Waals surface area contributed by atoms with Crippen LogP contribution in [0.25, 0.3) is 0 Å². The quantitative estimate of drug-likeness (QED) is 0.212. The molecule has 1 heterocycles. The first kappa shape index (κ1) is 27.7. The summed E-state index contributed by atoms with van der Waals surface area (Å²) in [5.41, 5.74) is 0.900. The topological polar surface area (TPSA) is 110 Å². The minimum absolute atomic E-state index is 0. The highest BCUT2D eigenvalue weighted by molar-refractivity contribution is 14.0. The smallest absolute Gasteiger partial charge is 0.213 e. The lowest BCUT2D eigenvalue weighted by molar-refractivity contribution is 0.0200. The minimum Gasteiger partial charge on any atom is -0.497 e. The average molecular weight is 570 g/mol. The number of nitrogens with one attached hydrogen (secondary N) is 3. The first-order valence-electron chi connectivity index (χ1n) is 10.3. The van der Waals surface area contributed by atoms with Crippen molar-refractivity contribution in [2.75, 3.05) is 46.2 Å². The Morgan fingerprint density at radius 1 is 1.23 bits per heavy atom. The SMILES string of the molecule is CCNC(=NCc1ccc(OC)cc1OC)NCCS(=O)(=O)NCC1CCCCO1.I. The molecule has 1 fully saturated rings. The molecule has 1 atom stereocenters. The Bertz CT molecular complexity index is 786. The van der Waals surface area contributed by atoms with Gasteiger partial charge in [-0.05, 0) is 38.3 Å². The van der Waals surface area contributed by atoms with E-state index in [4.69, 9.17) is 14.2 Å². The zero-order chi connectivity index (χ0) is 21.8. The van der Waals surface area contributed by atoms with Gasteiger partial charge in [0.25, 0.3) is 0 Å². The molecule has 0 bridgehead atoms. The molecule has 0 radical (unpaired) electrons. The first-order chi connectivity index (χ1) is 14.5. The summed E-state index contributed by atoms with van der Waals surface area (Å²) in [5.74, 6) is 1.89. The van der Waals surface area contributed by atoms with Crippen LogP contribution in [0.4, 0.5) is 0 Å². The first-order valence-corrected chi connectivity index (χ1v) is 11.9. The van der Waals surface area contributed by atoms with Gasteiger partial charge in [0.2, 0.25) is 10.0 Å². The normalized spacial score (nSPS) is 16.9. The van der Waals surface area contributed by atoms with Gasteiger partial charge in [-0.25, -0.2) is 18.1 Å².